The van der Waals surface area contributed by atoms with E-state index in [1.54, 1.807) is 18.2 Å². The number of rotatable bonds is 2. The molecule has 0 aliphatic carbocycles. The number of anilines is 1. The van der Waals surface area contributed by atoms with Gasteiger partial charge in [0.05, 0.1) is 17.7 Å². The van der Waals surface area contributed by atoms with E-state index in [2.05, 4.69) is 5.32 Å². The summed E-state index contributed by atoms with van der Waals surface area (Å²) in [5.41, 5.74) is 0.906. The summed E-state index contributed by atoms with van der Waals surface area (Å²) in [5.74, 6) is 0.356. The number of sulfone groups is 1. The zero-order valence-corrected chi connectivity index (χ0v) is 11.7. The zero-order chi connectivity index (χ0) is 14.2. The van der Waals surface area contributed by atoms with Crippen LogP contribution in [0.2, 0.25) is 0 Å². The highest BCUT2D eigenvalue weighted by molar-refractivity contribution is 7.95. The molecule has 1 aromatic carbocycles. The topological polar surface area (TPSA) is 79.2 Å². The van der Waals surface area contributed by atoms with E-state index in [1.807, 2.05) is 13.8 Å². The largest absolute Gasteiger partial charge is 0.497 e. The Morgan fingerprint density at radius 3 is 2.58 bits per heavy atom. The smallest absolute Gasteiger partial charge is 0.220 e. The third-order valence-corrected chi connectivity index (χ3v) is 4.71. The minimum absolute atomic E-state index is 0.0767. The van der Waals surface area contributed by atoms with Crippen molar-refractivity contribution in [1.29, 1.82) is 5.26 Å². The van der Waals surface area contributed by atoms with Crippen molar-refractivity contribution in [3.63, 3.8) is 0 Å². The fraction of sp³-hybridized carbons (Fsp3) is 0.308. The summed E-state index contributed by atoms with van der Waals surface area (Å²) < 4.78 is 29.9. The molecule has 1 aromatic rings. The van der Waals surface area contributed by atoms with E-state index in [1.165, 1.54) is 13.2 Å². The second-order valence-electron chi connectivity index (χ2n) is 4.50. The highest BCUT2D eigenvalue weighted by Gasteiger charge is 2.33. The Morgan fingerprint density at radius 2 is 2.05 bits per heavy atom. The molecule has 1 aliphatic heterocycles. The summed E-state index contributed by atoms with van der Waals surface area (Å²) in [5, 5.41) is 12.2. The third kappa shape index (κ3) is 2.06. The maximum atomic E-state index is 12.4. The zero-order valence-electron chi connectivity index (χ0n) is 10.9. The van der Waals surface area contributed by atoms with Crippen LogP contribution in [0, 0.1) is 17.2 Å². The summed E-state index contributed by atoms with van der Waals surface area (Å²) in [7, 11) is -2.32. The van der Waals surface area contributed by atoms with Gasteiger partial charge in [-0.25, -0.2) is 8.42 Å². The molecule has 0 aromatic heterocycles. The quantitative estimate of drug-likeness (QED) is 0.897. The lowest BCUT2D eigenvalue weighted by molar-refractivity contribution is 0.413. The molecule has 0 radical (unpaired) electrons. The maximum Gasteiger partial charge on any atom is 0.220 e. The van der Waals surface area contributed by atoms with Gasteiger partial charge in [-0.15, -0.1) is 0 Å². The lowest BCUT2D eigenvalue weighted by Gasteiger charge is -2.24. The summed E-state index contributed by atoms with van der Waals surface area (Å²) in [6.45, 7) is 3.67. The highest BCUT2D eigenvalue weighted by atomic mass is 32.2. The Hall–Kier alpha value is -2.00. The van der Waals surface area contributed by atoms with Crippen molar-refractivity contribution < 1.29 is 13.2 Å². The fourth-order valence-electron chi connectivity index (χ4n) is 1.94. The molecule has 100 valence electrons. The number of benzene rings is 1. The Bertz CT molecular complexity index is 697. The Morgan fingerprint density at radius 1 is 1.37 bits per heavy atom. The van der Waals surface area contributed by atoms with Crippen molar-refractivity contribution in [1.82, 2.24) is 0 Å². The van der Waals surface area contributed by atoms with Crippen molar-refractivity contribution in [2.24, 2.45) is 5.92 Å². The van der Waals surface area contributed by atoms with Crippen molar-refractivity contribution in [2.75, 3.05) is 12.4 Å². The number of allylic oxidation sites excluding steroid dienone is 2. The third-order valence-electron chi connectivity index (χ3n) is 2.94. The standard InChI is InChI=1S/C13H14N2O3S/c1-8(2)13-12(7-14)19(16,17)11-6-9(18-3)4-5-10(11)15-13/h4-6,8,15H,1-3H3. The van der Waals surface area contributed by atoms with E-state index >= 15 is 0 Å². The molecule has 0 spiro atoms. The van der Waals surface area contributed by atoms with Crippen molar-refractivity contribution in [2.45, 2.75) is 18.7 Å². The monoisotopic (exact) mass is 278 g/mol. The number of ether oxygens (including phenoxy) is 1. The second-order valence-corrected chi connectivity index (χ2v) is 6.35. The van der Waals surface area contributed by atoms with Gasteiger partial charge in [0.25, 0.3) is 0 Å². The number of methoxy groups -OCH3 is 1. The van der Waals surface area contributed by atoms with Crippen LogP contribution in [-0.4, -0.2) is 15.5 Å². The summed E-state index contributed by atoms with van der Waals surface area (Å²) in [6.07, 6.45) is 0. The average molecular weight is 278 g/mol. The average Bonchev–Trinajstić information content (AvgIpc) is 2.37. The van der Waals surface area contributed by atoms with Gasteiger partial charge in [0, 0.05) is 11.8 Å². The van der Waals surface area contributed by atoms with E-state index in [4.69, 9.17) is 10.00 Å². The first-order chi connectivity index (χ1) is 8.91. The van der Waals surface area contributed by atoms with Gasteiger partial charge in [-0.3, -0.25) is 0 Å². The Kier molecular flexibility index (Phi) is 3.25. The molecule has 1 aliphatic rings. The molecule has 0 saturated carbocycles. The van der Waals surface area contributed by atoms with Crippen LogP contribution in [0.1, 0.15) is 13.8 Å². The SMILES string of the molecule is COc1ccc2c(c1)S(=O)(=O)C(C#N)=C(C(C)C)N2. The number of nitrogens with zero attached hydrogens (tertiary/aromatic N) is 1. The van der Waals surface area contributed by atoms with Gasteiger partial charge in [0.15, 0.2) is 4.91 Å². The minimum atomic E-state index is -3.78. The van der Waals surface area contributed by atoms with Crippen molar-refractivity contribution in [3.05, 3.63) is 28.8 Å². The number of fused-ring (bicyclic) bond motifs is 1. The Balaban J connectivity index is 2.73. The summed E-state index contributed by atoms with van der Waals surface area (Å²) >= 11 is 0. The number of hydrogen-bond acceptors (Lipinski definition) is 5. The molecule has 0 atom stereocenters. The van der Waals surface area contributed by atoms with Gasteiger partial charge in [0.1, 0.15) is 11.8 Å². The van der Waals surface area contributed by atoms with Gasteiger partial charge in [-0.1, -0.05) is 13.8 Å². The van der Waals surface area contributed by atoms with Crippen LogP contribution in [0.4, 0.5) is 5.69 Å². The predicted octanol–water partition coefficient (Wildman–Crippen LogP) is 2.29. The van der Waals surface area contributed by atoms with Crippen LogP contribution >= 0.6 is 0 Å². The first kappa shape index (κ1) is 13.4. The first-order valence-electron chi connectivity index (χ1n) is 5.76. The molecule has 0 fully saturated rings. The van der Waals surface area contributed by atoms with Gasteiger partial charge >= 0.3 is 0 Å². The number of nitrogens with one attached hydrogen (secondary N) is 1. The molecule has 1 N–H and O–H groups in total. The summed E-state index contributed by atoms with van der Waals surface area (Å²) in [4.78, 5) is -0.143. The lowest BCUT2D eigenvalue weighted by atomic mass is 10.1. The van der Waals surface area contributed by atoms with Crippen LogP contribution in [0.25, 0.3) is 0 Å². The van der Waals surface area contributed by atoms with Crippen LogP contribution in [-0.2, 0) is 9.84 Å². The predicted molar refractivity (Wildman–Crippen MR) is 71.3 cm³/mol. The molecule has 0 bridgehead atoms. The minimum Gasteiger partial charge on any atom is -0.497 e. The van der Waals surface area contributed by atoms with Crippen LogP contribution < -0.4 is 10.1 Å². The molecule has 2 rings (SSSR count). The summed E-state index contributed by atoms with van der Waals surface area (Å²) in [6, 6.07) is 6.53. The maximum absolute atomic E-state index is 12.4. The van der Waals surface area contributed by atoms with Crippen molar-refractivity contribution >= 4 is 15.5 Å². The molecule has 0 unspecified atom stereocenters. The van der Waals surface area contributed by atoms with E-state index in [0.717, 1.165) is 0 Å². The van der Waals surface area contributed by atoms with Gasteiger partial charge in [0.2, 0.25) is 9.84 Å². The molecule has 0 amide bonds. The van der Waals surface area contributed by atoms with E-state index < -0.39 is 9.84 Å². The van der Waals surface area contributed by atoms with Gasteiger partial charge < -0.3 is 10.1 Å². The highest BCUT2D eigenvalue weighted by Crippen LogP contribution is 2.38. The van der Waals surface area contributed by atoms with E-state index in [0.29, 0.717) is 17.1 Å². The number of hydrogen-bond donors (Lipinski definition) is 1. The van der Waals surface area contributed by atoms with Crippen molar-refractivity contribution in [3.8, 4) is 11.8 Å². The number of nitriles is 1. The molecular weight excluding hydrogens is 264 g/mol. The molecule has 5 nitrogen and oxygen atoms in total. The van der Waals surface area contributed by atoms with E-state index in [9.17, 15) is 8.42 Å². The van der Waals surface area contributed by atoms with Gasteiger partial charge in [-0.05, 0) is 18.1 Å². The van der Waals surface area contributed by atoms with E-state index in [-0.39, 0.29) is 15.7 Å². The second kappa shape index (κ2) is 4.59. The van der Waals surface area contributed by atoms with Crippen LogP contribution in [0.5, 0.6) is 5.75 Å². The molecule has 0 saturated heterocycles. The van der Waals surface area contributed by atoms with Gasteiger partial charge in [-0.2, -0.15) is 5.26 Å². The molecule has 19 heavy (non-hydrogen) atoms. The Labute approximate surface area is 112 Å². The molecule has 6 heteroatoms. The lowest BCUT2D eigenvalue weighted by Crippen LogP contribution is -2.21. The fourth-order valence-corrected chi connectivity index (χ4v) is 3.53. The van der Waals surface area contributed by atoms with Crippen LogP contribution in [0.3, 0.4) is 0 Å². The normalized spacial score (nSPS) is 16.6. The molecule has 1 heterocycles. The first-order valence-corrected chi connectivity index (χ1v) is 7.24. The molecular formula is C13H14N2O3S. The van der Waals surface area contributed by atoms with Crippen LogP contribution in [0.15, 0.2) is 33.7 Å².